The highest BCUT2D eigenvalue weighted by molar-refractivity contribution is 14.0. The van der Waals surface area contributed by atoms with E-state index in [0.717, 1.165) is 35.7 Å². The maximum absolute atomic E-state index is 13.7. The van der Waals surface area contributed by atoms with Gasteiger partial charge in [-0.05, 0) is 36.1 Å². The number of anilines is 1. The molecule has 0 spiro atoms. The van der Waals surface area contributed by atoms with Gasteiger partial charge in [-0.1, -0.05) is 44.2 Å². The second-order valence-corrected chi connectivity index (χ2v) is 7.88. The lowest BCUT2D eigenvalue weighted by Crippen LogP contribution is -2.25. The number of rotatable bonds is 7. The smallest absolute Gasteiger partial charge is 0.193 e. The molecule has 0 aromatic heterocycles. The summed E-state index contributed by atoms with van der Waals surface area (Å²) in [7, 11) is -3.75. The third-order valence-corrected chi connectivity index (χ3v) is 5.79. The molecular weight excluding hydrogens is 480 g/mol. The molecule has 3 N–H and O–H groups in total. The summed E-state index contributed by atoms with van der Waals surface area (Å²) >= 11 is 0. The van der Waals surface area contributed by atoms with E-state index < -0.39 is 15.7 Å². The minimum atomic E-state index is -3.75. The van der Waals surface area contributed by atoms with Crippen LogP contribution >= 0.6 is 24.0 Å². The summed E-state index contributed by atoms with van der Waals surface area (Å²) in [5.74, 6) is -0.928. The molecule has 2 aromatic rings. The van der Waals surface area contributed by atoms with E-state index in [1.165, 1.54) is 18.2 Å². The van der Waals surface area contributed by atoms with Crippen molar-refractivity contribution >= 4 is 45.5 Å². The number of nitrogens with zero attached hydrogens (tertiary/aromatic N) is 1. The zero-order valence-electron chi connectivity index (χ0n) is 15.4. The number of hydrogen-bond acceptors (Lipinski definition) is 3. The van der Waals surface area contributed by atoms with Crippen molar-refractivity contribution in [1.29, 1.82) is 0 Å². The molecule has 8 heteroatoms. The van der Waals surface area contributed by atoms with Crippen LogP contribution in [0.15, 0.2) is 52.4 Å². The van der Waals surface area contributed by atoms with Crippen LogP contribution in [0.5, 0.6) is 0 Å². The molecular formula is C19H25FIN3O2S. The Bertz CT molecular complexity index is 879. The fourth-order valence-corrected chi connectivity index (χ4v) is 3.87. The molecule has 0 saturated carbocycles. The standard InChI is InChI=1S/C19H24FN3O2S.HI/c1-3-14-8-7-9-15(4-2)18(14)23-19(21)22-12-13-26(24,25)17-11-6-5-10-16(17)20;/h5-11H,3-4,12-13H2,1-2H3,(H3,21,22,23);1H. The molecule has 5 nitrogen and oxygen atoms in total. The highest BCUT2D eigenvalue weighted by Crippen LogP contribution is 2.22. The van der Waals surface area contributed by atoms with Gasteiger partial charge in [0.05, 0.1) is 12.3 Å². The molecule has 0 amide bonds. The first kappa shape index (κ1) is 23.4. The highest BCUT2D eigenvalue weighted by Gasteiger charge is 2.18. The number of nitrogens with one attached hydrogen (secondary N) is 1. The summed E-state index contributed by atoms with van der Waals surface area (Å²) in [6, 6.07) is 11.3. The van der Waals surface area contributed by atoms with E-state index in [9.17, 15) is 12.8 Å². The summed E-state index contributed by atoms with van der Waals surface area (Å²) in [6.07, 6.45) is 1.68. The monoisotopic (exact) mass is 505 g/mol. The Morgan fingerprint density at radius 1 is 1.07 bits per heavy atom. The van der Waals surface area contributed by atoms with Gasteiger partial charge in [-0.3, -0.25) is 4.99 Å². The van der Waals surface area contributed by atoms with Crippen molar-refractivity contribution in [2.75, 3.05) is 17.6 Å². The first-order valence-electron chi connectivity index (χ1n) is 8.54. The zero-order chi connectivity index (χ0) is 19.2. The van der Waals surface area contributed by atoms with Crippen LogP contribution in [0.1, 0.15) is 25.0 Å². The molecule has 2 rings (SSSR count). The van der Waals surface area contributed by atoms with Crippen molar-refractivity contribution in [3.8, 4) is 0 Å². The SMILES string of the molecule is CCc1cccc(CC)c1NC(N)=NCCS(=O)(=O)c1ccccc1F.I. The summed E-state index contributed by atoms with van der Waals surface area (Å²) in [4.78, 5) is 3.78. The van der Waals surface area contributed by atoms with Gasteiger partial charge in [-0.25, -0.2) is 12.8 Å². The lowest BCUT2D eigenvalue weighted by Gasteiger charge is -2.14. The van der Waals surface area contributed by atoms with Gasteiger partial charge in [0, 0.05) is 5.69 Å². The van der Waals surface area contributed by atoms with Crippen LogP contribution in [0.4, 0.5) is 10.1 Å². The summed E-state index contributed by atoms with van der Waals surface area (Å²) in [5.41, 5.74) is 9.06. The van der Waals surface area contributed by atoms with E-state index in [4.69, 9.17) is 5.73 Å². The molecule has 0 saturated heterocycles. The fourth-order valence-electron chi connectivity index (χ4n) is 2.66. The molecule has 0 atom stereocenters. The molecule has 0 aliphatic carbocycles. The lowest BCUT2D eigenvalue weighted by molar-refractivity contribution is 0.567. The highest BCUT2D eigenvalue weighted by atomic mass is 127. The van der Waals surface area contributed by atoms with Crippen LogP contribution in [0.25, 0.3) is 0 Å². The second kappa shape index (κ2) is 10.6. The van der Waals surface area contributed by atoms with E-state index >= 15 is 0 Å². The topological polar surface area (TPSA) is 84.5 Å². The molecule has 0 bridgehead atoms. The summed E-state index contributed by atoms with van der Waals surface area (Å²) in [5, 5.41) is 3.08. The molecule has 0 aliphatic heterocycles. The zero-order valence-corrected chi connectivity index (χ0v) is 18.6. The number of para-hydroxylation sites is 1. The van der Waals surface area contributed by atoms with E-state index in [-0.39, 0.29) is 47.1 Å². The van der Waals surface area contributed by atoms with E-state index in [2.05, 4.69) is 10.3 Å². The average molecular weight is 505 g/mol. The van der Waals surface area contributed by atoms with Gasteiger partial charge in [0.15, 0.2) is 15.8 Å². The number of nitrogens with two attached hydrogens (primary N) is 1. The first-order valence-corrected chi connectivity index (χ1v) is 10.2. The average Bonchev–Trinajstić information content (AvgIpc) is 2.61. The maximum Gasteiger partial charge on any atom is 0.193 e. The van der Waals surface area contributed by atoms with Crippen molar-refractivity contribution in [3.63, 3.8) is 0 Å². The molecule has 27 heavy (non-hydrogen) atoms. The number of benzene rings is 2. The van der Waals surface area contributed by atoms with Gasteiger partial charge in [-0.15, -0.1) is 24.0 Å². The predicted octanol–water partition coefficient (Wildman–Crippen LogP) is 3.77. The first-order chi connectivity index (χ1) is 12.4. The Kier molecular flexibility index (Phi) is 9.17. The number of aliphatic imine (C=N–C) groups is 1. The number of hydrogen-bond donors (Lipinski definition) is 2. The molecule has 0 unspecified atom stereocenters. The van der Waals surface area contributed by atoms with Crippen LogP contribution in [0.2, 0.25) is 0 Å². The van der Waals surface area contributed by atoms with Crippen LogP contribution in [-0.4, -0.2) is 26.7 Å². The quantitative estimate of drug-likeness (QED) is 0.341. The fraction of sp³-hybridized carbons (Fsp3) is 0.316. The van der Waals surface area contributed by atoms with Crippen LogP contribution in [-0.2, 0) is 22.7 Å². The third-order valence-electron chi connectivity index (χ3n) is 4.07. The Labute approximate surface area is 177 Å². The molecule has 0 fully saturated rings. The normalized spacial score (nSPS) is 11.7. The van der Waals surface area contributed by atoms with Crippen LogP contribution in [0, 0.1) is 5.82 Å². The lowest BCUT2D eigenvalue weighted by atomic mass is 10.0. The van der Waals surface area contributed by atoms with Gasteiger partial charge in [-0.2, -0.15) is 0 Å². The summed E-state index contributed by atoms with van der Waals surface area (Å²) < 4.78 is 38.1. The number of guanidine groups is 1. The van der Waals surface area contributed by atoms with Gasteiger partial charge in [0.1, 0.15) is 10.7 Å². The van der Waals surface area contributed by atoms with Gasteiger partial charge in [0.25, 0.3) is 0 Å². The predicted molar refractivity (Wildman–Crippen MR) is 119 cm³/mol. The Morgan fingerprint density at radius 2 is 1.67 bits per heavy atom. The van der Waals surface area contributed by atoms with Gasteiger partial charge in [0.2, 0.25) is 0 Å². The van der Waals surface area contributed by atoms with Crippen molar-refractivity contribution in [1.82, 2.24) is 0 Å². The minimum absolute atomic E-state index is 0. The minimum Gasteiger partial charge on any atom is -0.370 e. The molecule has 0 radical (unpaired) electrons. The molecule has 148 valence electrons. The number of halogens is 2. The van der Waals surface area contributed by atoms with E-state index in [1.54, 1.807) is 0 Å². The van der Waals surface area contributed by atoms with Crippen molar-refractivity contribution in [2.45, 2.75) is 31.6 Å². The van der Waals surface area contributed by atoms with Crippen molar-refractivity contribution < 1.29 is 12.8 Å². The Morgan fingerprint density at radius 3 is 2.22 bits per heavy atom. The molecule has 2 aromatic carbocycles. The van der Waals surface area contributed by atoms with E-state index in [1.807, 2.05) is 32.0 Å². The van der Waals surface area contributed by atoms with Gasteiger partial charge < -0.3 is 11.1 Å². The largest absolute Gasteiger partial charge is 0.370 e. The van der Waals surface area contributed by atoms with Gasteiger partial charge >= 0.3 is 0 Å². The second-order valence-electron chi connectivity index (χ2n) is 5.80. The van der Waals surface area contributed by atoms with E-state index in [0.29, 0.717) is 0 Å². The van der Waals surface area contributed by atoms with Crippen LogP contribution in [0.3, 0.4) is 0 Å². The molecule has 0 heterocycles. The Balaban J connectivity index is 0.00000364. The number of sulfone groups is 1. The maximum atomic E-state index is 13.7. The Hall–Kier alpha value is -1.68. The van der Waals surface area contributed by atoms with Crippen LogP contribution < -0.4 is 11.1 Å². The number of aryl methyl sites for hydroxylation is 2. The summed E-state index contributed by atoms with van der Waals surface area (Å²) in [6.45, 7) is 4.05. The molecule has 0 aliphatic rings. The van der Waals surface area contributed by atoms with Crippen molar-refractivity contribution in [2.24, 2.45) is 10.7 Å². The third kappa shape index (κ3) is 6.17. The van der Waals surface area contributed by atoms with Crippen molar-refractivity contribution in [3.05, 3.63) is 59.4 Å².